The summed E-state index contributed by atoms with van der Waals surface area (Å²) in [5.41, 5.74) is 1.13. The van der Waals surface area contributed by atoms with Crippen molar-refractivity contribution in [1.29, 1.82) is 0 Å². The molecule has 1 amide bonds. The van der Waals surface area contributed by atoms with Crippen LogP contribution in [0.4, 0.5) is 5.13 Å². The van der Waals surface area contributed by atoms with Gasteiger partial charge >= 0.3 is 0 Å². The van der Waals surface area contributed by atoms with E-state index in [1.807, 2.05) is 22.9 Å². The van der Waals surface area contributed by atoms with Crippen molar-refractivity contribution in [2.45, 2.75) is 13.0 Å². The Morgan fingerprint density at radius 3 is 2.35 bits per heavy atom. The first kappa shape index (κ1) is 23.4. The number of thiazole rings is 1. The highest BCUT2D eigenvalue weighted by atomic mass is 32.1. The summed E-state index contributed by atoms with van der Waals surface area (Å²) in [6.07, 6.45) is 6.10. The van der Waals surface area contributed by atoms with E-state index >= 15 is 0 Å². The van der Waals surface area contributed by atoms with Crippen LogP contribution in [0.15, 0.2) is 49.1 Å². The van der Waals surface area contributed by atoms with Gasteiger partial charge in [0.15, 0.2) is 16.6 Å². The second kappa shape index (κ2) is 10.4. The van der Waals surface area contributed by atoms with Gasteiger partial charge in [-0.2, -0.15) is 0 Å². The zero-order valence-electron chi connectivity index (χ0n) is 19.5. The van der Waals surface area contributed by atoms with Crippen LogP contribution < -0.4 is 23.8 Å². The Hall–Kier alpha value is -3.79. The molecule has 0 saturated heterocycles. The van der Waals surface area contributed by atoms with E-state index in [1.54, 1.807) is 64.1 Å². The van der Waals surface area contributed by atoms with Crippen LogP contribution in [0.1, 0.15) is 16.8 Å². The molecule has 0 unspecified atom stereocenters. The number of aryl methyl sites for hydroxylation is 1. The first-order valence-electron chi connectivity index (χ1n) is 10.6. The topological polar surface area (TPSA) is 87.9 Å². The van der Waals surface area contributed by atoms with Crippen LogP contribution in [0.2, 0.25) is 0 Å². The van der Waals surface area contributed by atoms with Crippen LogP contribution in [-0.2, 0) is 6.54 Å². The number of anilines is 1. The van der Waals surface area contributed by atoms with Crippen LogP contribution in [-0.4, -0.2) is 55.4 Å². The van der Waals surface area contributed by atoms with Crippen LogP contribution in [0.3, 0.4) is 0 Å². The first-order chi connectivity index (χ1) is 16.6. The van der Waals surface area contributed by atoms with Gasteiger partial charge in [0, 0.05) is 31.0 Å². The summed E-state index contributed by atoms with van der Waals surface area (Å²) in [6, 6.07) is 8.77. The van der Waals surface area contributed by atoms with Gasteiger partial charge < -0.3 is 23.5 Å². The number of benzene rings is 2. The Labute approximate surface area is 201 Å². The van der Waals surface area contributed by atoms with E-state index in [2.05, 4.69) is 4.98 Å². The lowest BCUT2D eigenvalue weighted by atomic mass is 10.1. The zero-order valence-corrected chi connectivity index (χ0v) is 20.3. The Bertz CT molecular complexity index is 1230. The predicted octanol–water partition coefficient (Wildman–Crippen LogP) is 4.26. The quantitative estimate of drug-likeness (QED) is 0.334. The normalized spacial score (nSPS) is 10.8. The molecule has 0 fully saturated rings. The number of aromatic nitrogens is 3. The summed E-state index contributed by atoms with van der Waals surface area (Å²) >= 11 is 1.39. The Morgan fingerprint density at radius 2 is 1.68 bits per heavy atom. The van der Waals surface area contributed by atoms with Gasteiger partial charge in [-0.05, 0) is 36.8 Å². The molecule has 0 radical (unpaired) electrons. The molecule has 0 aliphatic rings. The number of ether oxygens (including phenoxy) is 4. The molecular formula is C24H26N4O5S. The number of carbonyl (C=O) groups excluding carboxylic acids is 1. The van der Waals surface area contributed by atoms with Gasteiger partial charge in [0.05, 0.1) is 34.8 Å². The van der Waals surface area contributed by atoms with Crippen LogP contribution in [0.25, 0.3) is 10.2 Å². The van der Waals surface area contributed by atoms with E-state index in [1.165, 1.54) is 11.3 Å². The van der Waals surface area contributed by atoms with Gasteiger partial charge in [0.25, 0.3) is 5.91 Å². The fourth-order valence-corrected chi connectivity index (χ4v) is 4.73. The van der Waals surface area contributed by atoms with Gasteiger partial charge in [-0.3, -0.25) is 9.69 Å². The molecule has 2 aromatic heterocycles. The maximum Gasteiger partial charge on any atom is 0.260 e. The third kappa shape index (κ3) is 4.62. The minimum absolute atomic E-state index is 0.191. The molecule has 4 aromatic rings. The number of hydrogen-bond donors (Lipinski definition) is 0. The number of hydrogen-bond acceptors (Lipinski definition) is 8. The highest BCUT2D eigenvalue weighted by molar-refractivity contribution is 7.22. The van der Waals surface area contributed by atoms with Crippen molar-refractivity contribution in [1.82, 2.24) is 14.5 Å². The molecule has 10 heteroatoms. The number of amides is 1. The molecule has 0 N–H and O–H groups in total. The summed E-state index contributed by atoms with van der Waals surface area (Å²) in [5.74, 6) is 2.15. The molecule has 2 heterocycles. The van der Waals surface area contributed by atoms with Crippen LogP contribution in [0, 0.1) is 0 Å². The lowest BCUT2D eigenvalue weighted by molar-refractivity contribution is 0.0986. The molecule has 178 valence electrons. The highest BCUT2D eigenvalue weighted by Gasteiger charge is 2.24. The second-order valence-corrected chi connectivity index (χ2v) is 8.30. The molecule has 9 nitrogen and oxygen atoms in total. The standard InChI is InChI=1S/C24H26N4O5S/c1-30-17-7-6-16(14-20(17)33-4)23(29)28(12-5-11-27-13-10-25-15-27)24-26-21-18(31-2)8-9-19(32-3)22(21)34-24/h6-10,13-15H,5,11-12H2,1-4H3. The summed E-state index contributed by atoms with van der Waals surface area (Å²) in [5, 5.41) is 0.559. The van der Waals surface area contributed by atoms with Crippen molar-refractivity contribution in [2.24, 2.45) is 0 Å². The third-order valence-corrected chi connectivity index (χ3v) is 6.46. The molecule has 34 heavy (non-hydrogen) atoms. The number of nitrogens with zero attached hydrogens (tertiary/aromatic N) is 4. The largest absolute Gasteiger partial charge is 0.495 e. The van der Waals surface area contributed by atoms with Gasteiger partial charge in [-0.25, -0.2) is 9.97 Å². The van der Waals surface area contributed by atoms with Gasteiger partial charge in [-0.1, -0.05) is 11.3 Å². The van der Waals surface area contributed by atoms with Crippen molar-refractivity contribution in [3.05, 3.63) is 54.6 Å². The Morgan fingerprint density at radius 1 is 0.971 bits per heavy atom. The molecule has 0 spiro atoms. The van der Waals surface area contributed by atoms with Crippen molar-refractivity contribution in [2.75, 3.05) is 39.9 Å². The van der Waals surface area contributed by atoms with Crippen LogP contribution >= 0.6 is 11.3 Å². The highest BCUT2D eigenvalue weighted by Crippen LogP contribution is 2.40. The number of methoxy groups -OCH3 is 4. The van der Waals surface area contributed by atoms with E-state index in [0.29, 0.717) is 58.7 Å². The van der Waals surface area contributed by atoms with E-state index in [9.17, 15) is 4.79 Å². The number of imidazole rings is 1. The first-order valence-corrected chi connectivity index (χ1v) is 11.4. The summed E-state index contributed by atoms with van der Waals surface area (Å²) in [6.45, 7) is 1.17. The minimum atomic E-state index is -0.191. The van der Waals surface area contributed by atoms with E-state index in [-0.39, 0.29) is 5.91 Å². The van der Waals surface area contributed by atoms with Gasteiger partial charge in [-0.15, -0.1) is 0 Å². The molecule has 0 bridgehead atoms. The Kier molecular flexibility index (Phi) is 7.17. The van der Waals surface area contributed by atoms with Crippen molar-refractivity contribution >= 4 is 32.6 Å². The molecular weight excluding hydrogens is 456 g/mol. The van der Waals surface area contributed by atoms with E-state index < -0.39 is 0 Å². The fraction of sp³-hybridized carbons (Fsp3) is 0.292. The average Bonchev–Trinajstić information content (AvgIpc) is 3.55. The monoisotopic (exact) mass is 482 g/mol. The third-order valence-electron chi connectivity index (χ3n) is 5.36. The molecule has 0 atom stereocenters. The molecule has 0 aliphatic carbocycles. The van der Waals surface area contributed by atoms with Gasteiger partial charge in [0.1, 0.15) is 21.7 Å². The number of rotatable bonds is 10. The summed E-state index contributed by atoms with van der Waals surface area (Å²) < 4.78 is 24.5. The van der Waals surface area contributed by atoms with Gasteiger partial charge in [0.2, 0.25) is 0 Å². The summed E-state index contributed by atoms with van der Waals surface area (Å²) in [4.78, 5) is 24.2. The lowest BCUT2D eigenvalue weighted by Crippen LogP contribution is -2.32. The maximum absolute atomic E-state index is 13.7. The SMILES string of the molecule is COc1ccc(C(=O)N(CCCn2ccnc2)c2nc3c(OC)ccc(OC)c3s2)cc1OC. The average molecular weight is 483 g/mol. The van der Waals surface area contributed by atoms with E-state index in [0.717, 1.165) is 4.70 Å². The Balaban J connectivity index is 1.72. The second-order valence-electron chi connectivity index (χ2n) is 7.32. The maximum atomic E-state index is 13.7. The van der Waals surface area contributed by atoms with Crippen molar-refractivity contribution < 1.29 is 23.7 Å². The van der Waals surface area contributed by atoms with Crippen LogP contribution in [0.5, 0.6) is 23.0 Å². The van der Waals surface area contributed by atoms with Crippen molar-refractivity contribution in [3.8, 4) is 23.0 Å². The lowest BCUT2D eigenvalue weighted by Gasteiger charge is -2.20. The fourth-order valence-electron chi connectivity index (χ4n) is 3.63. The molecule has 0 saturated carbocycles. The smallest absolute Gasteiger partial charge is 0.260 e. The number of carbonyl (C=O) groups is 1. The zero-order chi connectivity index (χ0) is 24.1. The molecule has 4 rings (SSSR count). The van der Waals surface area contributed by atoms with E-state index in [4.69, 9.17) is 23.9 Å². The number of fused-ring (bicyclic) bond motifs is 1. The molecule has 0 aliphatic heterocycles. The minimum Gasteiger partial charge on any atom is -0.495 e. The predicted molar refractivity (Wildman–Crippen MR) is 131 cm³/mol. The molecule has 2 aromatic carbocycles. The summed E-state index contributed by atoms with van der Waals surface area (Å²) in [7, 11) is 6.31. The van der Waals surface area contributed by atoms with Crippen molar-refractivity contribution in [3.63, 3.8) is 0 Å².